The first kappa shape index (κ1) is 22.1. The Hall–Kier alpha value is -1.58. The molecule has 2 aromatic carbocycles. The molecule has 0 N–H and O–H groups in total. The molecule has 0 saturated carbocycles. The summed E-state index contributed by atoms with van der Waals surface area (Å²) in [5.74, 6) is 0.589. The summed E-state index contributed by atoms with van der Waals surface area (Å²) in [6.07, 6.45) is 10.8. The van der Waals surface area contributed by atoms with E-state index in [1.54, 1.807) is 0 Å². The summed E-state index contributed by atoms with van der Waals surface area (Å²) in [4.78, 5) is 0. The Morgan fingerprint density at radius 2 is 1.31 bits per heavy atom. The van der Waals surface area contributed by atoms with Crippen molar-refractivity contribution in [3.05, 3.63) is 59.7 Å². The first-order valence-electron chi connectivity index (χ1n) is 11.7. The van der Waals surface area contributed by atoms with Gasteiger partial charge in [-0.25, -0.2) is 0 Å². The topological polar surface area (TPSA) is 18.5 Å². The summed E-state index contributed by atoms with van der Waals surface area (Å²) >= 11 is 0. The van der Waals surface area contributed by atoms with Gasteiger partial charge in [0, 0.05) is 19.1 Å². The molecule has 1 heterocycles. The van der Waals surface area contributed by atoms with Gasteiger partial charge in [-0.15, -0.1) is 0 Å². The molecule has 0 aromatic heterocycles. The first-order valence-corrected chi connectivity index (χ1v) is 11.7. The Kier molecular flexibility index (Phi) is 9.30. The molecule has 156 valence electrons. The number of unbranched alkanes of at least 4 members (excludes halogenated alkanes) is 3. The predicted molar refractivity (Wildman–Crippen MR) is 124 cm³/mol. The largest absolute Gasteiger partial charge is 0.457 e. The third-order valence-electron chi connectivity index (χ3n) is 5.95. The Labute approximate surface area is 178 Å². The van der Waals surface area contributed by atoms with Crippen LogP contribution >= 0.6 is 0 Å². The van der Waals surface area contributed by atoms with Crippen molar-refractivity contribution >= 4 is 7.12 Å². The van der Waals surface area contributed by atoms with E-state index in [9.17, 15) is 0 Å². The van der Waals surface area contributed by atoms with Crippen LogP contribution in [0.3, 0.4) is 0 Å². The van der Waals surface area contributed by atoms with Crippen LogP contribution in [0.2, 0.25) is 6.32 Å². The zero-order valence-corrected chi connectivity index (χ0v) is 18.4. The number of benzene rings is 2. The minimum Gasteiger partial charge on any atom is -0.411 e. The zero-order chi connectivity index (χ0) is 20.3. The van der Waals surface area contributed by atoms with E-state index < -0.39 is 0 Å². The van der Waals surface area contributed by atoms with Crippen LogP contribution in [-0.2, 0) is 22.2 Å². The smallest absolute Gasteiger partial charge is 0.411 e. The van der Waals surface area contributed by atoms with E-state index in [0.717, 1.165) is 32.4 Å². The van der Waals surface area contributed by atoms with Gasteiger partial charge in [0.2, 0.25) is 0 Å². The zero-order valence-electron chi connectivity index (χ0n) is 18.4. The van der Waals surface area contributed by atoms with Crippen molar-refractivity contribution in [1.82, 2.24) is 0 Å². The summed E-state index contributed by atoms with van der Waals surface area (Å²) in [7, 11) is -0.0346. The van der Waals surface area contributed by atoms with Crippen LogP contribution in [0.5, 0.6) is 0 Å². The summed E-state index contributed by atoms with van der Waals surface area (Å²) in [6.45, 7) is 6.21. The molecule has 2 aromatic rings. The highest BCUT2D eigenvalue weighted by Crippen LogP contribution is 2.23. The van der Waals surface area contributed by atoms with Gasteiger partial charge in [-0.05, 0) is 47.8 Å². The highest BCUT2D eigenvalue weighted by molar-refractivity contribution is 6.44. The van der Waals surface area contributed by atoms with Gasteiger partial charge in [-0.2, -0.15) is 0 Å². The molecule has 0 atom stereocenters. The summed E-state index contributed by atoms with van der Waals surface area (Å²) in [5.41, 5.74) is 5.35. The molecule has 0 bridgehead atoms. The Morgan fingerprint density at radius 1 is 0.724 bits per heavy atom. The van der Waals surface area contributed by atoms with Crippen LogP contribution in [0.15, 0.2) is 48.5 Å². The van der Waals surface area contributed by atoms with Gasteiger partial charge < -0.3 is 9.31 Å². The maximum atomic E-state index is 5.97. The average molecular weight is 392 g/mol. The predicted octanol–water partition coefficient (Wildman–Crippen LogP) is 6.97. The van der Waals surface area contributed by atoms with Gasteiger partial charge in [0.25, 0.3) is 0 Å². The van der Waals surface area contributed by atoms with E-state index in [-0.39, 0.29) is 7.12 Å². The molecule has 29 heavy (non-hydrogen) atoms. The molecular formula is C26H37BO2. The lowest BCUT2D eigenvalue weighted by molar-refractivity contribution is 0.0738. The van der Waals surface area contributed by atoms with Crippen molar-refractivity contribution in [2.45, 2.75) is 71.5 Å². The lowest BCUT2D eigenvalue weighted by Gasteiger charge is -2.27. The number of hydrogen-bond acceptors (Lipinski definition) is 2. The highest BCUT2D eigenvalue weighted by Gasteiger charge is 2.26. The van der Waals surface area contributed by atoms with E-state index in [0.29, 0.717) is 5.92 Å². The molecule has 2 nitrogen and oxygen atoms in total. The van der Waals surface area contributed by atoms with Crippen molar-refractivity contribution in [3.8, 4) is 11.1 Å². The number of rotatable bonds is 11. The van der Waals surface area contributed by atoms with Gasteiger partial charge in [-0.3, -0.25) is 0 Å². The molecule has 1 aliphatic rings. The molecule has 0 radical (unpaired) electrons. The van der Waals surface area contributed by atoms with Crippen LogP contribution < -0.4 is 0 Å². The second-order valence-corrected chi connectivity index (χ2v) is 8.49. The third-order valence-corrected chi connectivity index (χ3v) is 5.95. The minimum atomic E-state index is -0.0346. The Morgan fingerprint density at radius 3 is 1.86 bits per heavy atom. The normalized spacial score (nSPS) is 15.0. The Bertz CT molecular complexity index is 688. The van der Waals surface area contributed by atoms with E-state index in [1.165, 1.54) is 60.8 Å². The van der Waals surface area contributed by atoms with E-state index in [4.69, 9.17) is 9.31 Å². The fourth-order valence-electron chi connectivity index (χ4n) is 4.08. The van der Waals surface area contributed by atoms with Gasteiger partial charge in [0.05, 0.1) is 0 Å². The molecule has 0 spiro atoms. The number of hydrogen-bond donors (Lipinski definition) is 0. The maximum Gasteiger partial charge on any atom is 0.457 e. The van der Waals surface area contributed by atoms with Crippen LogP contribution in [-0.4, -0.2) is 20.3 Å². The van der Waals surface area contributed by atoms with Crippen LogP contribution in [0, 0.1) is 5.92 Å². The highest BCUT2D eigenvalue weighted by atomic mass is 16.6. The molecule has 1 fully saturated rings. The quantitative estimate of drug-likeness (QED) is 0.304. The van der Waals surface area contributed by atoms with Crippen LogP contribution in [0.4, 0.5) is 0 Å². The summed E-state index contributed by atoms with van der Waals surface area (Å²) in [6, 6.07) is 17.9. The molecular weight excluding hydrogens is 355 g/mol. The van der Waals surface area contributed by atoms with Gasteiger partial charge in [0.15, 0.2) is 0 Å². The number of aryl methyl sites for hydroxylation is 2. The molecule has 0 amide bonds. The van der Waals surface area contributed by atoms with E-state index in [2.05, 4.69) is 62.4 Å². The molecule has 1 aliphatic heterocycles. The second kappa shape index (κ2) is 12.2. The summed E-state index contributed by atoms with van der Waals surface area (Å²) in [5, 5.41) is 0. The first-order chi connectivity index (χ1) is 14.3. The minimum absolute atomic E-state index is 0.0346. The summed E-state index contributed by atoms with van der Waals surface area (Å²) < 4.78 is 11.9. The van der Waals surface area contributed by atoms with E-state index >= 15 is 0 Å². The third kappa shape index (κ3) is 7.31. The van der Waals surface area contributed by atoms with Crippen molar-refractivity contribution < 1.29 is 9.31 Å². The van der Waals surface area contributed by atoms with E-state index in [1.807, 2.05) is 0 Å². The van der Waals surface area contributed by atoms with Crippen LogP contribution in [0.1, 0.15) is 63.5 Å². The second-order valence-electron chi connectivity index (χ2n) is 8.49. The molecule has 3 heteroatoms. The lowest BCUT2D eigenvalue weighted by atomic mass is 9.79. The van der Waals surface area contributed by atoms with Gasteiger partial charge in [0.1, 0.15) is 0 Å². The molecule has 0 unspecified atom stereocenters. The SMILES string of the molecule is CCCCCCC1COB(CCc2ccc(-c3ccc(CCC)cc3)cc2)OC1. The molecule has 0 aliphatic carbocycles. The van der Waals surface area contributed by atoms with Crippen molar-refractivity contribution in [2.24, 2.45) is 5.92 Å². The fourth-order valence-corrected chi connectivity index (χ4v) is 4.08. The maximum absolute atomic E-state index is 5.97. The molecule has 1 saturated heterocycles. The van der Waals surface area contributed by atoms with Crippen molar-refractivity contribution in [1.29, 1.82) is 0 Å². The average Bonchev–Trinajstić information content (AvgIpc) is 2.77. The Balaban J connectivity index is 1.39. The van der Waals surface area contributed by atoms with Crippen molar-refractivity contribution in [3.63, 3.8) is 0 Å². The fraction of sp³-hybridized carbons (Fsp3) is 0.538. The van der Waals surface area contributed by atoms with Crippen molar-refractivity contribution in [2.75, 3.05) is 13.2 Å². The standard InChI is InChI=1S/C26H37BO2/c1-3-5-6-7-9-24-20-28-27(29-21-24)19-18-23-12-16-26(17-13-23)25-14-10-22(8-4-2)11-15-25/h10-17,24H,3-9,18-21H2,1-2H3. The molecule has 3 rings (SSSR count). The monoisotopic (exact) mass is 392 g/mol. The lowest BCUT2D eigenvalue weighted by Crippen LogP contribution is -2.35. The van der Waals surface area contributed by atoms with Gasteiger partial charge in [-0.1, -0.05) is 94.5 Å². The van der Waals surface area contributed by atoms with Crippen LogP contribution in [0.25, 0.3) is 11.1 Å². The van der Waals surface area contributed by atoms with Gasteiger partial charge >= 0.3 is 7.12 Å².